The maximum Gasteiger partial charge on any atom is 0.250 e. The van der Waals surface area contributed by atoms with E-state index in [-0.39, 0.29) is 5.78 Å². The van der Waals surface area contributed by atoms with Gasteiger partial charge in [0, 0.05) is 17.1 Å². The van der Waals surface area contributed by atoms with Crippen molar-refractivity contribution < 1.29 is 9.59 Å². The molecule has 0 saturated heterocycles. The van der Waals surface area contributed by atoms with Crippen LogP contribution in [0.5, 0.6) is 0 Å². The van der Waals surface area contributed by atoms with Crippen molar-refractivity contribution in [2.24, 2.45) is 5.73 Å². The summed E-state index contributed by atoms with van der Waals surface area (Å²) >= 11 is 0. The molecule has 0 aliphatic heterocycles. The first kappa shape index (κ1) is 10.3. The van der Waals surface area contributed by atoms with E-state index < -0.39 is 5.91 Å². The number of fused-ring (bicyclic) bond motifs is 1. The fourth-order valence-corrected chi connectivity index (χ4v) is 1.68. The van der Waals surface area contributed by atoms with Crippen molar-refractivity contribution in [3.8, 4) is 0 Å². The van der Waals surface area contributed by atoms with Crippen molar-refractivity contribution >= 4 is 22.6 Å². The molecule has 0 unspecified atom stereocenters. The molecule has 1 heterocycles. The minimum absolute atomic E-state index is 0.0611. The number of hydrogen-bond donors (Lipinski definition) is 1. The lowest BCUT2D eigenvalue weighted by Gasteiger charge is -2.05. The van der Waals surface area contributed by atoms with Crippen molar-refractivity contribution in [2.75, 3.05) is 0 Å². The number of carbonyl (C=O) groups excluding carboxylic acids is 2. The molecule has 2 aromatic rings. The smallest absolute Gasteiger partial charge is 0.250 e. The lowest BCUT2D eigenvalue weighted by Crippen LogP contribution is -2.12. The fourth-order valence-electron chi connectivity index (χ4n) is 1.68. The molecular weight excluding hydrogens is 204 g/mol. The summed E-state index contributed by atoms with van der Waals surface area (Å²) in [5.41, 5.74) is 6.60. The van der Waals surface area contributed by atoms with Crippen LogP contribution in [0.15, 0.2) is 30.5 Å². The molecule has 80 valence electrons. The highest BCUT2D eigenvalue weighted by Gasteiger charge is 2.12. The van der Waals surface area contributed by atoms with Gasteiger partial charge in [-0.25, -0.2) is 0 Å². The topological polar surface area (TPSA) is 73.1 Å². The van der Waals surface area contributed by atoms with Crippen molar-refractivity contribution in [3.05, 3.63) is 41.6 Å². The molecule has 0 saturated carbocycles. The molecule has 1 amide bonds. The third-order valence-electron chi connectivity index (χ3n) is 2.41. The van der Waals surface area contributed by atoms with E-state index >= 15 is 0 Å². The van der Waals surface area contributed by atoms with Crippen LogP contribution in [-0.2, 0) is 0 Å². The Morgan fingerprint density at radius 1 is 1.19 bits per heavy atom. The predicted octanol–water partition coefficient (Wildman–Crippen LogP) is 1.54. The van der Waals surface area contributed by atoms with E-state index in [1.54, 1.807) is 24.4 Å². The average molecular weight is 214 g/mol. The molecule has 4 nitrogen and oxygen atoms in total. The second-order valence-electron chi connectivity index (χ2n) is 3.48. The molecule has 0 atom stereocenters. The largest absolute Gasteiger partial charge is 0.366 e. The molecular formula is C12H10N2O2. The Balaban J connectivity index is 2.87. The van der Waals surface area contributed by atoms with Crippen LogP contribution < -0.4 is 5.73 Å². The van der Waals surface area contributed by atoms with Gasteiger partial charge in [0.05, 0.1) is 11.1 Å². The zero-order valence-electron chi connectivity index (χ0n) is 8.73. The number of nitrogens with zero attached hydrogens (tertiary/aromatic N) is 1. The lowest BCUT2D eigenvalue weighted by atomic mass is 10.0. The molecule has 0 radical (unpaired) electrons. The second kappa shape index (κ2) is 3.73. The molecule has 1 aromatic heterocycles. The van der Waals surface area contributed by atoms with Crippen LogP contribution in [0.25, 0.3) is 10.9 Å². The molecule has 2 N–H and O–H groups in total. The van der Waals surface area contributed by atoms with Crippen LogP contribution in [0.3, 0.4) is 0 Å². The quantitative estimate of drug-likeness (QED) is 0.770. The van der Waals surface area contributed by atoms with Gasteiger partial charge in [-0.3, -0.25) is 14.6 Å². The number of amides is 1. The summed E-state index contributed by atoms with van der Waals surface area (Å²) < 4.78 is 0. The average Bonchev–Trinajstić information content (AvgIpc) is 2.27. The Morgan fingerprint density at radius 2 is 1.88 bits per heavy atom. The van der Waals surface area contributed by atoms with Crippen LogP contribution in [0.4, 0.5) is 0 Å². The van der Waals surface area contributed by atoms with Gasteiger partial charge in [0.2, 0.25) is 0 Å². The number of hydrogen-bond acceptors (Lipinski definition) is 3. The maximum absolute atomic E-state index is 11.4. The van der Waals surface area contributed by atoms with Gasteiger partial charge in [-0.1, -0.05) is 6.07 Å². The number of carbonyl (C=O) groups is 2. The highest BCUT2D eigenvalue weighted by atomic mass is 16.1. The minimum Gasteiger partial charge on any atom is -0.366 e. The maximum atomic E-state index is 11.4. The summed E-state index contributed by atoms with van der Waals surface area (Å²) in [6.45, 7) is 1.48. The SMILES string of the molecule is CC(=O)c1ccc(C(N)=O)c2ncccc12. The number of benzene rings is 1. The number of pyridine rings is 1. The van der Waals surface area contributed by atoms with Crippen molar-refractivity contribution in [1.29, 1.82) is 0 Å². The molecule has 2 rings (SSSR count). The summed E-state index contributed by atoms with van der Waals surface area (Å²) in [5, 5.41) is 0.659. The van der Waals surface area contributed by atoms with E-state index in [1.165, 1.54) is 13.0 Å². The Bertz CT molecular complexity index is 538. The summed E-state index contributed by atoms with van der Waals surface area (Å²) in [6.07, 6.45) is 1.57. The van der Waals surface area contributed by atoms with E-state index in [9.17, 15) is 9.59 Å². The molecule has 4 heteroatoms. The molecule has 0 spiro atoms. The Labute approximate surface area is 92.1 Å². The van der Waals surface area contributed by atoms with E-state index in [2.05, 4.69) is 4.98 Å². The number of nitrogens with two attached hydrogens (primary N) is 1. The fraction of sp³-hybridized carbons (Fsp3) is 0.0833. The Kier molecular flexibility index (Phi) is 2.40. The van der Waals surface area contributed by atoms with E-state index in [4.69, 9.17) is 5.73 Å². The van der Waals surface area contributed by atoms with Crippen molar-refractivity contribution in [2.45, 2.75) is 6.92 Å². The van der Waals surface area contributed by atoms with Crippen LogP contribution in [-0.4, -0.2) is 16.7 Å². The minimum atomic E-state index is -0.543. The highest BCUT2D eigenvalue weighted by Crippen LogP contribution is 2.20. The lowest BCUT2D eigenvalue weighted by molar-refractivity contribution is 0.0995. The third kappa shape index (κ3) is 1.54. The van der Waals surface area contributed by atoms with Crippen LogP contribution in [0.1, 0.15) is 27.6 Å². The molecule has 0 aliphatic carbocycles. The monoisotopic (exact) mass is 214 g/mol. The summed E-state index contributed by atoms with van der Waals surface area (Å²) in [5.74, 6) is -0.604. The number of ketones is 1. The van der Waals surface area contributed by atoms with Gasteiger partial charge in [-0.15, -0.1) is 0 Å². The van der Waals surface area contributed by atoms with Crippen molar-refractivity contribution in [1.82, 2.24) is 4.98 Å². The number of Topliss-reactive ketones (excluding diaryl/α,β-unsaturated/α-hetero) is 1. The zero-order valence-corrected chi connectivity index (χ0v) is 8.73. The third-order valence-corrected chi connectivity index (χ3v) is 2.41. The van der Waals surface area contributed by atoms with Gasteiger partial charge in [-0.05, 0) is 25.1 Å². The van der Waals surface area contributed by atoms with Crippen LogP contribution in [0.2, 0.25) is 0 Å². The first-order valence-corrected chi connectivity index (χ1v) is 4.79. The first-order valence-electron chi connectivity index (χ1n) is 4.79. The Morgan fingerprint density at radius 3 is 2.50 bits per heavy atom. The number of aromatic nitrogens is 1. The molecule has 1 aromatic carbocycles. The van der Waals surface area contributed by atoms with Gasteiger partial charge in [-0.2, -0.15) is 0 Å². The van der Waals surface area contributed by atoms with Crippen LogP contribution in [0, 0.1) is 0 Å². The Hall–Kier alpha value is -2.23. The van der Waals surface area contributed by atoms with Gasteiger partial charge >= 0.3 is 0 Å². The van der Waals surface area contributed by atoms with E-state index in [0.29, 0.717) is 22.0 Å². The summed E-state index contributed by atoms with van der Waals surface area (Å²) in [6, 6.07) is 6.62. The summed E-state index contributed by atoms with van der Waals surface area (Å²) in [4.78, 5) is 26.7. The zero-order chi connectivity index (χ0) is 11.7. The van der Waals surface area contributed by atoms with E-state index in [0.717, 1.165) is 0 Å². The second-order valence-corrected chi connectivity index (χ2v) is 3.48. The van der Waals surface area contributed by atoms with E-state index in [1.807, 2.05) is 0 Å². The predicted molar refractivity (Wildman–Crippen MR) is 60.3 cm³/mol. The van der Waals surface area contributed by atoms with Crippen LogP contribution >= 0.6 is 0 Å². The van der Waals surface area contributed by atoms with Gasteiger partial charge in [0.25, 0.3) is 5.91 Å². The van der Waals surface area contributed by atoms with Gasteiger partial charge in [0.15, 0.2) is 5.78 Å². The molecule has 0 bridgehead atoms. The van der Waals surface area contributed by atoms with Gasteiger partial charge in [0.1, 0.15) is 0 Å². The number of rotatable bonds is 2. The first-order chi connectivity index (χ1) is 7.61. The number of primary amides is 1. The van der Waals surface area contributed by atoms with Gasteiger partial charge < -0.3 is 5.73 Å². The normalized spacial score (nSPS) is 10.3. The highest BCUT2D eigenvalue weighted by molar-refractivity contribution is 6.12. The standard InChI is InChI=1S/C12H10N2O2/c1-7(15)8-4-5-10(12(13)16)11-9(8)3-2-6-14-11/h2-6H,1H3,(H2,13,16). The van der Waals surface area contributed by atoms with Crippen molar-refractivity contribution in [3.63, 3.8) is 0 Å². The molecule has 16 heavy (non-hydrogen) atoms. The molecule has 0 aliphatic rings. The molecule has 0 fully saturated rings. The summed E-state index contributed by atoms with van der Waals surface area (Å²) in [7, 11) is 0.